The van der Waals surface area contributed by atoms with E-state index in [4.69, 9.17) is 0 Å². The van der Waals surface area contributed by atoms with Crippen molar-refractivity contribution in [2.24, 2.45) is 5.41 Å². The number of nitrogens with zero attached hydrogens (tertiary/aromatic N) is 1. The number of sulfone groups is 1. The van der Waals surface area contributed by atoms with E-state index in [9.17, 15) is 18.0 Å². The van der Waals surface area contributed by atoms with Gasteiger partial charge < -0.3 is 10.2 Å². The Bertz CT molecular complexity index is 753. The molecule has 3 rings (SSSR count). The Morgan fingerprint density at radius 1 is 1.24 bits per heavy atom. The standard InChI is InChI=1S/C18H24N2O4S/c1-25(23,24)12-7-16(21)20-10-8-18(9-11-20)15(13-19-17(18)22)14-5-3-2-4-6-14/h2-6,15H,7-13H2,1H3,(H,19,22). The van der Waals surface area contributed by atoms with Crippen LogP contribution >= 0.6 is 0 Å². The van der Waals surface area contributed by atoms with Crippen molar-refractivity contribution in [3.05, 3.63) is 35.9 Å². The highest BCUT2D eigenvalue weighted by Crippen LogP contribution is 2.47. The Morgan fingerprint density at radius 3 is 2.48 bits per heavy atom. The zero-order valence-electron chi connectivity index (χ0n) is 14.4. The van der Waals surface area contributed by atoms with Gasteiger partial charge in [0, 0.05) is 38.2 Å². The monoisotopic (exact) mass is 364 g/mol. The van der Waals surface area contributed by atoms with Crippen LogP contribution in [-0.2, 0) is 19.4 Å². The van der Waals surface area contributed by atoms with Crippen LogP contribution in [0.5, 0.6) is 0 Å². The average molecular weight is 364 g/mol. The molecule has 25 heavy (non-hydrogen) atoms. The van der Waals surface area contributed by atoms with Gasteiger partial charge in [0.15, 0.2) is 0 Å². The first-order valence-electron chi connectivity index (χ1n) is 8.61. The van der Waals surface area contributed by atoms with E-state index in [0.29, 0.717) is 32.5 Å². The van der Waals surface area contributed by atoms with Crippen molar-refractivity contribution in [1.82, 2.24) is 10.2 Å². The van der Waals surface area contributed by atoms with Crippen LogP contribution in [0.25, 0.3) is 0 Å². The van der Waals surface area contributed by atoms with Crippen LogP contribution in [0.3, 0.4) is 0 Å². The number of amides is 2. The van der Waals surface area contributed by atoms with Crippen molar-refractivity contribution in [2.45, 2.75) is 25.2 Å². The summed E-state index contributed by atoms with van der Waals surface area (Å²) in [6.07, 6.45) is 2.38. The lowest BCUT2D eigenvalue weighted by atomic mass is 9.68. The fourth-order valence-corrected chi connectivity index (χ4v) is 4.55. The molecule has 6 nitrogen and oxygen atoms in total. The van der Waals surface area contributed by atoms with Gasteiger partial charge in [-0.15, -0.1) is 0 Å². The third-order valence-electron chi connectivity index (χ3n) is 5.48. The zero-order chi connectivity index (χ0) is 18.1. The smallest absolute Gasteiger partial charge is 0.227 e. The number of carbonyl (C=O) groups excluding carboxylic acids is 2. The zero-order valence-corrected chi connectivity index (χ0v) is 15.2. The van der Waals surface area contributed by atoms with Crippen LogP contribution in [0.4, 0.5) is 0 Å². The first-order valence-corrected chi connectivity index (χ1v) is 10.7. The number of hydrogen-bond acceptors (Lipinski definition) is 4. The number of rotatable bonds is 4. The van der Waals surface area contributed by atoms with E-state index >= 15 is 0 Å². The molecule has 7 heteroatoms. The summed E-state index contributed by atoms with van der Waals surface area (Å²) >= 11 is 0. The van der Waals surface area contributed by atoms with Crippen LogP contribution in [0.15, 0.2) is 30.3 Å². The maximum atomic E-state index is 12.6. The molecule has 1 atom stereocenters. The van der Waals surface area contributed by atoms with Gasteiger partial charge in [-0.05, 0) is 18.4 Å². The molecule has 0 aromatic heterocycles. The van der Waals surface area contributed by atoms with Crippen LogP contribution in [0.1, 0.15) is 30.7 Å². The topological polar surface area (TPSA) is 83.6 Å². The summed E-state index contributed by atoms with van der Waals surface area (Å²) in [5, 5.41) is 3.00. The van der Waals surface area contributed by atoms with E-state index in [1.54, 1.807) is 4.90 Å². The summed E-state index contributed by atoms with van der Waals surface area (Å²) < 4.78 is 22.5. The summed E-state index contributed by atoms with van der Waals surface area (Å²) in [5.41, 5.74) is 0.687. The average Bonchev–Trinajstić information content (AvgIpc) is 2.90. The minimum Gasteiger partial charge on any atom is -0.355 e. The highest BCUT2D eigenvalue weighted by molar-refractivity contribution is 7.90. The number of benzene rings is 1. The molecule has 0 bridgehead atoms. The molecule has 2 heterocycles. The van der Waals surface area contributed by atoms with Gasteiger partial charge in [-0.25, -0.2) is 8.42 Å². The molecule has 136 valence electrons. The predicted octanol–water partition coefficient (Wildman–Crippen LogP) is 0.944. The van der Waals surface area contributed by atoms with Gasteiger partial charge >= 0.3 is 0 Å². The van der Waals surface area contributed by atoms with Crippen molar-refractivity contribution in [3.8, 4) is 0 Å². The Balaban J connectivity index is 1.69. The highest BCUT2D eigenvalue weighted by Gasteiger charge is 2.52. The van der Waals surface area contributed by atoms with E-state index in [1.807, 2.05) is 18.2 Å². The minimum absolute atomic E-state index is 0.0140. The van der Waals surface area contributed by atoms with Crippen LogP contribution in [-0.4, -0.2) is 56.8 Å². The molecule has 0 radical (unpaired) electrons. The summed E-state index contributed by atoms with van der Waals surface area (Å²) in [7, 11) is -3.15. The second kappa shape index (κ2) is 6.78. The van der Waals surface area contributed by atoms with E-state index < -0.39 is 15.3 Å². The summed E-state index contributed by atoms with van der Waals surface area (Å²) in [6.45, 7) is 1.63. The number of carbonyl (C=O) groups is 2. The quantitative estimate of drug-likeness (QED) is 0.862. The van der Waals surface area contributed by atoms with E-state index in [2.05, 4.69) is 17.4 Å². The SMILES string of the molecule is CS(=O)(=O)CCC(=O)N1CCC2(CC1)C(=O)NCC2c1ccccc1. The Hall–Kier alpha value is -1.89. The van der Waals surface area contributed by atoms with Gasteiger partial charge in [-0.1, -0.05) is 30.3 Å². The van der Waals surface area contributed by atoms with Crippen molar-refractivity contribution in [2.75, 3.05) is 31.6 Å². The molecule has 1 aromatic carbocycles. The molecule has 0 aliphatic carbocycles. The second-order valence-electron chi connectivity index (χ2n) is 7.09. The maximum absolute atomic E-state index is 12.6. The molecule has 0 saturated carbocycles. The van der Waals surface area contributed by atoms with Crippen LogP contribution in [0.2, 0.25) is 0 Å². The fourth-order valence-electron chi connectivity index (χ4n) is 4.01. The maximum Gasteiger partial charge on any atom is 0.227 e. The summed E-state index contributed by atoms with van der Waals surface area (Å²) in [4.78, 5) is 26.5. The lowest BCUT2D eigenvalue weighted by molar-refractivity contribution is -0.138. The minimum atomic E-state index is -3.15. The van der Waals surface area contributed by atoms with Gasteiger partial charge in [0.25, 0.3) is 0 Å². The van der Waals surface area contributed by atoms with E-state index in [1.165, 1.54) is 0 Å². The fraction of sp³-hybridized carbons (Fsp3) is 0.556. The molecule has 1 N–H and O–H groups in total. The number of likely N-dealkylation sites (tertiary alicyclic amines) is 1. The van der Waals surface area contributed by atoms with E-state index in [0.717, 1.165) is 11.8 Å². The molecule has 2 aliphatic heterocycles. The van der Waals surface area contributed by atoms with Crippen molar-refractivity contribution in [1.29, 1.82) is 0 Å². The Kier molecular flexibility index (Phi) is 4.86. The van der Waals surface area contributed by atoms with Crippen LogP contribution < -0.4 is 5.32 Å². The highest BCUT2D eigenvalue weighted by atomic mass is 32.2. The van der Waals surface area contributed by atoms with Crippen LogP contribution in [0, 0.1) is 5.41 Å². The third kappa shape index (κ3) is 3.71. The van der Waals surface area contributed by atoms with Gasteiger partial charge in [0.2, 0.25) is 11.8 Å². The van der Waals surface area contributed by atoms with E-state index in [-0.39, 0.29) is 29.9 Å². The molecular formula is C18H24N2O4S. The molecule has 1 spiro atoms. The van der Waals surface area contributed by atoms with Gasteiger partial charge in [-0.2, -0.15) is 0 Å². The molecule has 1 unspecified atom stereocenters. The largest absolute Gasteiger partial charge is 0.355 e. The first kappa shape index (κ1) is 17.9. The lowest BCUT2D eigenvalue weighted by Crippen LogP contribution is -2.48. The van der Waals surface area contributed by atoms with Crippen molar-refractivity contribution in [3.63, 3.8) is 0 Å². The number of nitrogens with one attached hydrogen (secondary N) is 1. The Morgan fingerprint density at radius 2 is 1.88 bits per heavy atom. The molecule has 1 aromatic rings. The molecule has 2 aliphatic rings. The van der Waals surface area contributed by atoms with Crippen molar-refractivity contribution < 1.29 is 18.0 Å². The molecule has 2 saturated heterocycles. The summed E-state index contributed by atoms with van der Waals surface area (Å²) in [5.74, 6) is -0.0744. The Labute approximate surface area is 148 Å². The second-order valence-corrected chi connectivity index (χ2v) is 9.35. The normalized spacial score (nSPS) is 22.8. The lowest BCUT2D eigenvalue weighted by Gasteiger charge is -2.41. The number of hydrogen-bond donors (Lipinski definition) is 1. The van der Waals surface area contributed by atoms with Gasteiger partial charge in [0.05, 0.1) is 11.2 Å². The van der Waals surface area contributed by atoms with Gasteiger partial charge in [0.1, 0.15) is 9.84 Å². The molecular weight excluding hydrogens is 340 g/mol. The molecule has 2 amide bonds. The first-order chi connectivity index (χ1) is 11.8. The molecule has 2 fully saturated rings. The van der Waals surface area contributed by atoms with Crippen molar-refractivity contribution >= 4 is 21.7 Å². The summed E-state index contributed by atoms with van der Waals surface area (Å²) in [6, 6.07) is 10.0. The third-order valence-corrected chi connectivity index (χ3v) is 6.43. The predicted molar refractivity (Wildman–Crippen MR) is 94.8 cm³/mol. The van der Waals surface area contributed by atoms with Gasteiger partial charge in [-0.3, -0.25) is 9.59 Å². The number of piperidine rings is 1.